The van der Waals surface area contributed by atoms with Crippen LogP contribution in [0.5, 0.6) is 5.75 Å². The van der Waals surface area contributed by atoms with E-state index in [-0.39, 0.29) is 16.2 Å². The van der Waals surface area contributed by atoms with Gasteiger partial charge in [0.2, 0.25) is 10.0 Å². The molecule has 0 radical (unpaired) electrons. The smallest absolute Gasteiger partial charge is 0.339 e. The highest BCUT2D eigenvalue weighted by atomic mass is 32.2. The van der Waals surface area contributed by atoms with Gasteiger partial charge in [0.15, 0.2) is 0 Å². The Kier molecular flexibility index (Phi) is 7.34. The molecular weight excluding hydrogens is 306 g/mol. The summed E-state index contributed by atoms with van der Waals surface area (Å²) in [6.07, 6.45) is 5.10. The van der Waals surface area contributed by atoms with Crippen molar-refractivity contribution in [1.29, 1.82) is 0 Å². The number of methoxy groups -OCH3 is 1. The molecule has 1 rings (SSSR count). The summed E-state index contributed by atoms with van der Waals surface area (Å²) in [7, 11) is -2.37. The lowest BCUT2D eigenvalue weighted by molar-refractivity contribution is 0.0693. The number of hydrogen-bond donors (Lipinski definition) is 2. The predicted molar refractivity (Wildman–Crippen MR) is 83.9 cm³/mol. The van der Waals surface area contributed by atoms with E-state index in [2.05, 4.69) is 11.6 Å². The molecule has 0 saturated carbocycles. The lowest BCUT2D eigenvalue weighted by Gasteiger charge is -2.09. The van der Waals surface area contributed by atoms with Crippen LogP contribution in [0.2, 0.25) is 0 Å². The first kappa shape index (κ1) is 18.4. The lowest BCUT2D eigenvalue weighted by atomic mass is 10.2. The molecule has 6 nitrogen and oxygen atoms in total. The Balaban J connectivity index is 2.72. The third-order valence-corrected chi connectivity index (χ3v) is 4.74. The first-order chi connectivity index (χ1) is 10.4. The van der Waals surface area contributed by atoms with Crippen molar-refractivity contribution in [3.63, 3.8) is 0 Å². The molecular formula is C15H23NO5S. The molecule has 0 aliphatic heterocycles. The van der Waals surface area contributed by atoms with Crippen LogP contribution >= 0.6 is 0 Å². The number of aromatic carboxylic acids is 1. The fraction of sp³-hybridized carbons (Fsp3) is 0.533. The fourth-order valence-electron chi connectivity index (χ4n) is 2.04. The quantitative estimate of drug-likeness (QED) is 0.644. The minimum absolute atomic E-state index is 0.0701. The van der Waals surface area contributed by atoms with Crippen LogP contribution in [0.3, 0.4) is 0 Å². The van der Waals surface area contributed by atoms with Gasteiger partial charge in [-0.05, 0) is 24.6 Å². The van der Waals surface area contributed by atoms with Gasteiger partial charge in [-0.15, -0.1) is 0 Å². The van der Waals surface area contributed by atoms with E-state index >= 15 is 0 Å². The number of unbranched alkanes of at least 4 members (excludes halogenated alkanes) is 4. The molecule has 7 heteroatoms. The normalized spacial score (nSPS) is 11.4. The first-order valence-corrected chi connectivity index (χ1v) is 8.81. The zero-order valence-corrected chi connectivity index (χ0v) is 13.8. The van der Waals surface area contributed by atoms with Gasteiger partial charge in [0.1, 0.15) is 11.3 Å². The van der Waals surface area contributed by atoms with Gasteiger partial charge in [0.05, 0.1) is 12.0 Å². The maximum atomic E-state index is 12.2. The summed E-state index contributed by atoms with van der Waals surface area (Å²) in [6.45, 7) is 2.47. The van der Waals surface area contributed by atoms with Crippen molar-refractivity contribution in [2.75, 3.05) is 13.7 Å². The number of carbonyl (C=O) groups is 1. The summed E-state index contributed by atoms with van der Waals surface area (Å²) in [6, 6.07) is 3.80. The number of sulfonamides is 1. The van der Waals surface area contributed by atoms with Crippen LogP contribution in [0, 0.1) is 0 Å². The van der Waals surface area contributed by atoms with E-state index in [0.29, 0.717) is 6.54 Å². The van der Waals surface area contributed by atoms with Crippen LogP contribution in [-0.2, 0) is 10.0 Å². The fourth-order valence-corrected chi connectivity index (χ4v) is 3.14. The van der Waals surface area contributed by atoms with Crippen molar-refractivity contribution < 1.29 is 23.1 Å². The molecule has 2 N–H and O–H groups in total. The average Bonchev–Trinajstić information content (AvgIpc) is 2.49. The van der Waals surface area contributed by atoms with Gasteiger partial charge in [-0.1, -0.05) is 32.6 Å². The second-order valence-electron chi connectivity index (χ2n) is 4.98. The van der Waals surface area contributed by atoms with Gasteiger partial charge in [-0.3, -0.25) is 0 Å². The number of carboxylic acid groups (broad SMARTS) is 1. The molecule has 1 aromatic rings. The molecule has 22 heavy (non-hydrogen) atoms. The van der Waals surface area contributed by atoms with Crippen molar-refractivity contribution >= 4 is 16.0 Å². The topological polar surface area (TPSA) is 92.7 Å². The summed E-state index contributed by atoms with van der Waals surface area (Å²) in [5.41, 5.74) is -0.173. The molecule has 0 fully saturated rings. The Hall–Kier alpha value is -1.60. The van der Waals surface area contributed by atoms with Gasteiger partial charge < -0.3 is 9.84 Å². The monoisotopic (exact) mass is 329 g/mol. The predicted octanol–water partition coefficient (Wildman–Crippen LogP) is 2.64. The summed E-state index contributed by atoms with van der Waals surface area (Å²) >= 11 is 0. The number of ether oxygens (including phenoxy) is 1. The van der Waals surface area contributed by atoms with Gasteiger partial charge in [-0.25, -0.2) is 17.9 Å². The molecule has 0 aliphatic carbocycles. The molecule has 0 aliphatic rings. The van der Waals surface area contributed by atoms with E-state index in [9.17, 15) is 13.2 Å². The Bertz CT molecular complexity index is 598. The third kappa shape index (κ3) is 5.31. The number of hydrogen-bond acceptors (Lipinski definition) is 4. The van der Waals surface area contributed by atoms with Crippen LogP contribution < -0.4 is 9.46 Å². The zero-order chi connectivity index (χ0) is 16.6. The van der Waals surface area contributed by atoms with E-state index in [1.807, 2.05) is 0 Å². The Morgan fingerprint density at radius 2 is 1.91 bits per heavy atom. The molecule has 0 saturated heterocycles. The number of carboxylic acids is 1. The highest BCUT2D eigenvalue weighted by molar-refractivity contribution is 7.89. The molecule has 0 unspecified atom stereocenters. The largest absolute Gasteiger partial charge is 0.496 e. The molecule has 0 spiro atoms. The van der Waals surface area contributed by atoms with E-state index in [0.717, 1.165) is 38.2 Å². The van der Waals surface area contributed by atoms with Gasteiger partial charge in [-0.2, -0.15) is 0 Å². The Morgan fingerprint density at radius 1 is 1.23 bits per heavy atom. The Morgan fingerprint density at radius 3 is 2.50 bits per heavy atom. The number of nitrogens with one attached hydrogen (secondary N) is 1. The standard InChI is InChI=1S/C15H23NO5S/c1-3-4-5-6-7-10-16-22(19,20)12-8-9-14(21-2)13(11-12)15(17)18/h8-9,11,16H,3-7,10H2,1-2H3,(H,17,18). The SMILES string of the molecule is CCCCCCCNS(=O)(=O)c1ccc(OC)c(C(=O)O)c1. The van der Waals surface area contributed by atoms with Crippen molar-refractivity contribution in [3.8, 4) is 5.75 Å². The molecule has 0 heterocycles. The van der Waals surface area contributed by atoms with E-state index in [1.165, 1.54) is 19.2 Å². The van der Waals surface area contributed by atoms with E-state index in [4.69, 9.17) is 9.84 Å². The van der Waals surface area contributed by atoms with Gasteiger partial charge >= 0.3 is 5.97 Å². The summed E-state index contributed by atoms with van der Waals surface area (Å²) in [5.74, 6) is -1.10. The van der Waals surface area contributed by atoms with Crippen LogP contribution in [0.15, 0.2) is 23.1 Å². The zero-order valence-electron chi connectivity index (χ0n) is 13.0. The average molecular weight is 329 g/mol. The molecule has 0 amide bonds. The number of rotatable bonds is 10. The van der Waals surface area contributed by atoms with Crippen LogP contribution in [0.4, 0.5) is 0 Å². The Labute approximate surface area is 131 Å². The first-order valence-electron chi connectivity index (χ1n) is 7.33. The maximum absolute atomic E-state index is 12.2. The van der Waals surface area contributed by atoms with Crippen LogP contribution in [0.1, 0.15) is 49.4 Å². The van der Waals surface area contributed by atoms with Gasteiger partial charge in [0.25, 0.3) is 0 Å². The third-order valence-electron chi connectivity index (χ3n) is 3.28. The maximum Gasteiger partial charge on any atom is 0.339 e. The number of benzene rings is 1. The minimum Gasteiger partial charge on any atom is -0.496 e. The van der Waals surface area contributed by atoms with E-state index < -0.39 is 16.0 Å². The summed E-state index contributed by atoms with van der Waals surface area (Å²) in [4.78, 5) is 11.1. The highest BCUT2D eigenvalue weighted by Crippen LogP contribution is 2.22. The molecule has 0 atom stereocenters. The summed E-state index contributed by atoms with van der Waals surface area (Å²) in [5, 5.41) is 9.09. The van der Waals surface area contributed by atoms with Gasteiger partial charge in [0, 0.05) is 6.54 Å². The second-order valence-corrected chi connectivity index (χ2v) is 6.75. The highest BCUT2D eigenvalue weighted by Gasteiger charge is 2.18. The molecule has 124 valence electrons. The van der Waals surface area contributed by atoms with Crippen molar-refractivity contribution in [2.24, 2.45) is 0 Å². The second kappa shape index (κ2) is 8.75. The molecule has 0 bridgehead atoms. The van der Waals surface area contributed by atoms with Crippen molar-refractivity contribution in [3.05, 3.63) is 23.8 Å². The molecule has 1 aromatic carbocycles. The lowest BCUT2D eigenvalue weighted by Crippen LogP contribution is -2.25. The minimum atomic E-state index is -3.70. The van der Waals surface area contributed by atoms with Crippen LogP contribution in [0.25, 0.3) is 0 Å². The molecule has 0 aromatic heterocycles. The van der Waals surface area contributed by atoms with E-state index in [1.54, 1.807) is 0 Å². The summed E-state index contributed by atoms with van der Waals surface area (Å²) < 4.78 is 31.7. The van der Waals surface area contributed by atoms with Crippen molar-refractivity contribution in [1.82, 2.24) is 4.72 Å². The van der Waals surface area contributed by atoms with Crippen molar-refractivity contribution in [2.45, 2.75) is 43.9 Å². The van der Waals surface area contributed by atoms with Crippen LogP contribution in [-0.4, -0.2) is 33.1 Å².